The molecule has 1 saturated carbocycles. The topological polar surface area (TPSA) is 0 Å². The molecule has 0 aliphatic heterocycles. The van der Waals surface area contributed by atoms with Crippen LogP contribution in [0, 0.1) is 5.92 Å². The zero-order chi connectivity index (χ0) is 20.3. The normalized spacial score (nSPS) is 19.5. The van der Waals surface area contributed by atoms with Crippen molar-refractivity contribution in [3.05, 3.63) is 84.5 Å². The molecule has 0 aromatic heterocycles. The predicted octanol–water partition coefficient (Wildman–Crippen LogP) is 8.88. The summed E-state index contributed by atoms with van der Waals surface area (Å²) < 4.78 is 0. The number of unbranched alkanes of at least 4 members (excludes halogenated alkanes) is 2. The van der Waals surface area contributed by atoms with Crippen molar-refractivity contribution in [3.63, 3.8) is 0 Å². The summed E-state index contributed by atoms with van der Waals surface area (Å²) in [7, 11) is 0. The van der Waals surface area contributed by atoms with Gasteiger partial charge in [-0.2, -0.15) is 0 Å². The number of allylic oxidation sites excluding steroid dienone is 3. The molecule has 0 bridgehead atoms. The van der Waals surface area contributed by atoms with E-state index >= 15 is 0 Å². The number of aryl methyl sites for hydroxylation is 1. The summed E-state index contributed by atoms with van der Waals surface area (Å²) in [4.78, 5) is 0. The average molecular weight is 387 g/mol. The van der Waals surface area contributed by atoms with E-state index in [0.717, 1.165) is 11.8 Å². The highest BCUT2D eigenvalue weighted by molar-refractivity contribution is 5.64. The van der Waals surface area contributed by atoms with Crippen LogP contribution in [0.3, 0.4) is 0 Å². The SMILES string of the molecule is C=C/C=C/CCC1CCC(c2ccc(-c3ccc(CCCCC)cc3)cc2)CC1. The summed E-state index contributed by atoms with van der Waals surface area (Å²) in [5.41, 5.74) is 5.69. The number of rotatable bonds is 10. The quantitative estimate of drug-likeness (QED) is 0.282. The first-order chi connectivity index (χ1) is 14.3. The van der Waals surface area contributed by atoms with Crippen LogP contribution in [0.25, 0.3) is 11.1 Å². The summed E-state index contributed by atoms with van der Waals surface area (Å²) in [5, 5.41) is 0. The van der Waals surface area contributed by atoms with Gasteiger partial charge in [-0.3, -0.25) is 0 Å². The second kappa shape index (κ2) is 11.8. The molecule has 0 nitrogen and oxygen atoms in total. The molecule has 0 saturated heterocycles. The predicted molar refractivity (Wildman–Crippen MR) is 128 cm³/mol. The van der Waals surface area contributed by atoms with Crippen molar-refractivity contribution in [2.45, 2.75) is 77.0 Å². The summed E-state index contributed by atoms with van der Waals surface area (Å²) in [6.07, 6.45) is 19.4. The molecule has 0 amide bonds. The first kappa shape index (κ1) is 21.6. The van der Waals surface area contributed by atoms with Gasteiger partial charge >= 0.3 is 0 Å². The van der Waals surface area contributed by atoms with E-state index in [-0.39, 0.29) is 0 Å². The van der Waals surface area contributed by atoms with Gasteiger partial charge in [0.25, 0.3) is 0 Å². The van der Waals surface area contributed by atoms with E-state index in [2.05, 4.69) is 74.2 Å². The molecule has 0 heterocycles. The number of hydrogen-bond donors (Lipinski definition) is 0. The van der Waals surface area contributed by atoms with Crippen LogP contribution < -0.4 is 0 Å². The van der Waals surface area contributed by atoms with Gasteiger partial charge in [-0.1, -0.05) is 93.1 Å². The van der Waals surface area contributed by atoms with Crippen molar-refractivity contribution in [2.24, 2.45) is 5.92 Å². The Morgan fingerprint density at radius 1 is 0.862 bits per heavy atom. The van der Waals surface area contributed by atoms with Gasteiger partial charge in [-0.25, -0.2) is 0 Å². The van der Waals surface area contributed by atoms with Gasteiger partial charge in [-0.05, 0) is 85.5 Å². The zero-order valence-electron chi connectivity index (χ0n) is 18.3. The third kappa shape index (κ3) is 6.74. The maximum atomic E-state index is 3.74. The lowest BCUT2D eigenvalue weighted by atomic mass is 9.77. The Labute approximate surface area is 178 Å². The largest absolute Gasteiger partial charge is 0.0991 e. The van der Waals surface area contributed by atoms with E-state index in [9.17, 15) is 0 Å². The van der Waals surface area contributed by atoms with Crippen LogP contribution in [-0.4, -0.2) is 0 Å². The van der Waals surface area contributed by atoms with E-state index in [1.54, 1.807) is 0 Å². The van der Waals surface area contributed by atoms with Crippen LogP contribution >= 0.6 is 0 Å². The Hall–Kier alpha value is -2.08. The minimum absolute atomic E-state index is 0.755. The third-order valence-electron chi connectivity index (χ3n) is 6.60. The minimum atomic E-state index is 0.755. The molecular weight excluding hydrogens is 348 g/mol. The van der Waals surface area contributed by atoms with Crippen molar-refractivity contribution in [2.75, 3.05) is 0 Å². The molecule has 0 heteroatoms. The van der Waals surface area contributed by atoms with Crippen LogP contribution in [-0.2, 0) is 6.42 Å². The van der Waals surface area contributed by atoms with Crippen molar-refractivity contribution < 1.29 is 0 Å². The molecule has 3 rings (SSSR count). The zero-order valence-corrected chi connectivity index (χ0v) is 18.3. The van der Waals surface area contributed by atoms with Gasteiger partial charge in [0.05, 0.1) is 0 Å². The maximum Gasteiger partial charge on any atom is -0.0162 e. The molecule has 1 aliphatic rings. The molecule has 29 heavy (non-hydrogen) atoms. The van der Waals surface area contributed by atoms with E-state index < -0.39 is 0 Å². The van der Waals surface area contributed by atoms with Gasteiger partial charge in [-0.15, -0.1) is 0 Å². The van der Waals surface area contributed by atoms with Gasteiger partial charge < -0.3 is 0 Å². The lowest BCUT2D eigenvalue weighted by Crippen LogP contribution is -2.13. The maximum absolute atomic E-state index is 3.74. The average Bonchev–Trinajstić information content (AvgIpc) is 2.78. The minimum Gasteiger partial charge on any atom is -0.0991 e. The lowest BCUT2D eigenvalue weighted by Gasteiger charge is -2.28. The van der Waals surface area contributed by atoms with Crippen LogP contribution in [0.15, 0.2) is 73.3 Å². The molecule has 0 spiro atoms. The molecule has 2 aromatic rings. The highest BCUT2D eigenvalue weighted by Crippen LogP contribution is 2.38. The van der Waals surface area contributed by atoms with Crippen LogP contribution in [0.1, 0.15) is 81.8 Å². The third-order valence-corrected chi connectivity index (χ3v) is 6.60. The molecule has 154 valence electrons. The molecular formula is C29H38. The monoisotopic (exact) mass is 386 g/mol. The summed E-state index contributed by atoms with van der Waals surface area (Å²) in [6.45, 7) is 6.01. The summed E-state index contributed by atoms with van der Waals surface area (Å²) in [6, 6.07) is 18.6. The molecule has 0 N–H and O–H groups in total. The van der Waals surface area contributed by atoms with Gasteiger partial charge in [0, 0.05) is 0 Å². The molecule has 1 aliphatic carbocycles. The Morgan fingerprint density at radius 3 is 2.14 bits per heavy atom. The molecule has 2 aromatic carbocycles. The number of benzene rings is 2. The lowest BCUT2D eigenvalue weighted by molar-refractivity contribution is 0.312. The van der Waals surface area contributed by atoms with Crippen molar-refractivity contribution in [1.82, 2.24) is 0 Å². The Kier molecular flexibility index (Phi) is 8.81. The second-order valence-corrected chi connectivity index (χ2v) is 8.73. The van der Waals surface area contributed by atoms with E-state index in [0.29, 0.717) is 0 Å². The summed E-state index contributed by atoms with van der Waals surface area (Å²) >= 11 is 0. The summed E-state index contributed by atoms with van der Waals surface area (Å²) in [5.74, 6) is 1.67. The van der Waals surface area contributed by atoms with Gasteiger partial charge in [0.1, 0.15) is 0 Å². The molecule has 0 atom stereocenters. The molecule has 0 unspecified atom stereocenters. The fourth-order valence-corrected chi connectivity index (χ4v) is 4.70. The van der Waals surface area contributed by atoms with Crippen molar-refractivity contribution >= 4 is 0 Å². The van der Waals surface area contributed by atoms with E-state index in [1.807, 2.05) is 6.08 Å². The Morgan fingerprint density at radius 2 is 1.52 bits per heavy atom. The second-order valence-electron chi connectivity index (χ2n) is 8.73. The van der Waals surface area contributed by atoms with E-state index in [4.69, 9.17) is 0 Å². The fourth-order valence-electron chi connectivity index (χ4n) is 4.70. The van der Waals surface area contributed by atoms with E-state index in [1.165, 1.54) is 86.5 Å². The first-order valence-electron chi connectivity index (χ1n) is 11.8. The van der Waals surface area contributed by atoms with Crippen molar-refractivity contribution in [1.29, 1.82) is 0 Å². The van der Waals surface area contributed by atoms with Crippen molar-refractivity contribution in [3.8, 4) is 11.1 Å². The Bertz CT molecular complexity index is 740. The highest BCUT2D eigenvalue weighted by atomic mass is 14.3. The standard InChI is InChI=1S/C29H38/c1-3-5-7-9-11-25-14-18-27(19-15-25)29-22-20-28(21-23-29)26-16-12-24(13-17-26)10-8-6-4-2/h3,5,7,12-13,16-17,20-23,25,27H,1,4,6,8-11,14-15,18-19H2,2H3/b7-5+. The van der Waals surface area contributed by atoms with Gasteiger partial charge in [0.15, 0.2) is 0 Å². The molecule has 0 radical (unpaired) electrons. The Balaban J connectivity index is 1.50. The van der Waals surface area contributed by atoms with Crippen LogP contribution in [0.4, 0.5) is 0 Å². The smallest absolute Gasteiger partial charge is 0.0162 e. The fraction of sp³-hybridized carbons (Fsp3) is 0.448. The van der Waals surface area contributed by atoms with Crippen LogP contribution in [0.5, 0.6) is 0 Å². The number of hydrogen-bond acceptors (Lipinski definition) is 0. The molecule has 1 fully saturated rings. The van der Waals surface area contributed by atoms with Crippen LogP contribution in [0.2, 0.25) is 0 Å². The first-order valence-corrected chi connectivity index (χ1v) is 11.8. The van der Waals surface area contributed by atoms with Gasteiger partial charge in [0.2, 0.25) is 0 Å². The highest BCUT2D eigenvalue weighted by Gasteiger charge is 2.21.